The lowest BCUT2D eigenvalue weighted by atomic mass is 10.1. The van der Waals surface area contributed by atoms with E-state index in [2.05, 4.69) is 5.32 Å². The second kappa shape index (κ2) is 5.75. The molecule has 0 unspecified atom stereocenters. The van der Waals surface area contributed by atoms with Gasteiger partial charge in [-0.05, 0) is 25.1 Å². The van der Waals surface area contributed by atoms with Crippen molar-refractivity contribution in [2.45, 2.75) is 6.42 Å². The predicted molar refractivity (Wildman–Crippen MR) is 66.4 cm³/mol. The molecule has 0 spiro atoms. The van der Waals surface area contributed by atoms with Gasteiger partial charge in [0, 0.05) is 19.6 Å². The third-order valence-corrected chi connectivity index (χ3v) is 3.01. The maximum Gasteiger partial charge on any atom is 0.285 e. The number of halogens is 1. The molecule has 19 heavy (non-hydrogen) atoms. The van der Waals surface area contributed by atoms with Gasteiger partial charge in [-0.15, -0.1) is 0 Å². The van der Waals surface area contributed by atoms with Gasteiger partial charge in [0.05, 0.1) is 11.0 Å². The van der Waals surface area contributed by atoms with E-state index in [0.29, 0.717) is 19.6 Å². The zero-order valence-corrected chi connectivity index (χ0v) is 10.3. The number of rotatable bonds is 2. The van der Waals surface area contributed by atoms with Crippen LogP contribution in [-0.2, 0) is 0 Å². The van der Waals surface area contributed by atoms with Crippen molar-refractivity contribution < 1.29 is 14.1 Å². The number of hydrogen-bond donors (Lipinski definition) is 1. The lowest BCUT2D eigenvalue weighted by molar-refractivity contribution is -0.385. The molecule has 1 amide bonds. The predicted octanol–water partition coefficient (Wildman–Crippen LogP) is 1.17. The van der Waals surface area contributed by atoms with Crippen LogP contribution >= 0.6 is 0 Å². The molecular weight excluding hydrogens is 253 g/mol. The summed E-state index contributed by atoms with van der Waals surface area (Å²) in [5, 5.41) is 14.0. The van der Waals surface area contributed by atoms with E-state index in [4.69, 9.17) is 0 Å². The Kier molecular flexibility index (Phi) is 4.06. The van der Waals surface area contributed by atoms with Crippen molar-refractivity contribution >= 4 is 11.6 Å². The van der Waals surface area contributed by atoms with Gasteiger partial charge < -0.3 is 10.2 Å². The summed E-state index contributed by atoms with van der Waals surface area (Å²) >= 11 is 0. The Balaban J connectivity index is 2.29. The van der Waals surface area contributed by atoms with Crippen LogP contribution in [0.5, 0.6) is 0 Å². The number of benzene rings is 1. The van der Waals surface area contributed by atoms with Gasteiger partial charge in [0.1, 0.15) is 11.4 Å². The molecule has 0 aliphatic carbocycles. The number of amides is 1. The summed E-state index contributed by atoms with van der Waals surface area (Å²) in [6, 6.07) is 3.02. The summed E-state index contributed by atoms with van der Waals surface area (Å²) in [7, 11) is 0. The first-order chi connectivity index (χ1) is 9.09. The summed E-state index contributed by atoms with van der Waals surface area (Å²) in [5.41, 5.74) is -0.546. The van der Waals surface area contributed by atoms with E-state index in [-0.39, 0.29) is 5.56 Å². The van der Waals surface area contributed by atoms with Gasteiger partial charge in [-0.1, -0.05) is 0 Å². The molecule has 0 atom stereocenters. The minimum Gasteiger partial charge on any atom is -0.337 e. The molecule has 102 valence electrons. The fourth-order valence-electron chi connectivity index (χ4n) is 2.06. The number of hydrogen-bond acceptors (Lipinski definition) is 4. The van der Waals surface area contributed by atoms with Gasteiger partial charge in [0.15, 0.2) is 0 Å². The van der Waals surface area contributed by atoms with Crippen LogP contribution in [0.3, 0.4) is 0 Å². The highest BCUT2D eigenvalue weighted by Gasteiger charge is 2.25. The number of carbonyl (C=O) groups excluding carboxylic acids is 1. The van der Waals surface area contributed by atoms with Gasteiger partial charge >= 0.3 is 0 Å². The normalized spacial score (nSPS) is 15.9. The first kappa shape index (κ1) is 13.4. The van der Waals surface area contributed by atoms with Crippen LogP contribution < -0.4 is 5.32 Å². The summed E-state index contributed by atoms with van der Waals surface area (Å²) < 4.78 is 13.0. The minimum atomic E-state index is -0.730. The fraction of sp³-hybridized carbons (Fsp3) is 0.417. The number of carbonyl (C=O) groups is 1. The lowest BCUT2D eigenvalue weighted by Gasteiger charge is -2.19. The second-order valence-electron chi connectivity index (χ2n) is 4.31. The molecule has 0 aromatic heterocycles. The van der Waals surface area contributed by atoms with Crippen molar-refractivity contribution in [3.63, 3.8) is 0 Å². The molecule has 2 rings (SSSR count). The Morgan fingerprint density at radius 1 is 1.37 bits per heavy atom. The van der Waals surface area contributed by atoms with E-state index in [1.165, 1.54) is 6.07 Å². The summed E-state index contributed by atoms with van der Waals surface area (Å²) in [4.78, 5) is 24.0. The Morgan fingerprint density at radius 3 is 2.89 bits per heavy atom. The van der Waals surface area contributed by atoms with E-state index >= 15 is 0 Å². The Labute approximate surface area is 109 Å². The topological polar surface area (TPSA) is 75.5 Å². The minimum absolute atomic E-state index is 0.0618. The van der Waals surface area contributed by atoms with E-state index in [9.17, 15) is 19.3 Å². The molecule has 1 saturated heterocycles. The molecule has 1 aromatic carbocycles. The van der Waals surface area contributed by atoms with Crippen molar-refractivity contribution in [2.75, 3.05) is 26.2 Å². The van der Waals surface area contributed by atoms with Crippen LogP contribution in [0.2, 0.25) is 0 Å². The number of nitrogens with zero attached hydrogens (tertiary/aromatic N) is 2. The van der Waals surface area contributed by atoms with E-state index < -0.39 is 22.3 Å². The zero-order valence-electron chi connectivity index (χ0n) is 10.3. The third-order valence-electron chi connectivity index (χ3n) is 3.01. The van der Waals surface area contributed by atoms with Gasteiger partial charge in [-0.25, -0.2) is 4.39 Å². The molecule has 1 aliphatic rings. The quantitative estimate of drug-likeness (QED) is 0.644. The van der Waals surface area contributed by atoms with Crippen LogP contribution in [0.15, 0.2) is 18.2 Å². The van der Waals surface area contributed by atoms with Crippen molar-refractivity contribution in [3.8, 4) is 0 Å². The monoisotopic (exact) mass is 267 g/mol. The Bertz CT molecular complexity index is 499. The fourth-order valence-corrected chi connectivity index (χ4v) is 2.06. The van der Waals surface area contributed by atoms with E-state index in [1.807, 2.05) is 0 Å². The third kappa shape index (κ3) is 3.05. The van der Waals surface area contributed by atoms with Crippen molar-refractivity contribution in [2.24, 2.45) is 0 Å². The number of nitro groups is 1. The molecule has 1 N–H and O–H groups in total. The van der Waals surface area contributed by atoms with Gasteiger partial charge in [0.25, 0.3) is 11.6 Å². The second-order valence-corrected chi connectivity index (χ2v) is 4.31. The SMILES string of the molecule is O=C(c1ccc(F)cc1[N+](=O)[O-])N1CCCNCC1. The molecule has 0 saturated carbocycles. The highest BCUT2D eigenvalue weighted by molar-refractivity contribution is 5.98. The van der Waals surface area contributed by atoms with Crippen LogP contribution in [0.1, 0.15) is 16.8 Å². The standard InChI is InChI=1S/C12H14FN3O3/c13-9-2-3-10(11(8-9)16(18)19)12(17)15-6-1-4-14-5-7-15/h2-3,8,14H,1,4-7H2. The van der Waals surface area contributed by atoms with Gasteiger partial charge in [0.2, 0.25) is 0 Å². The summed E-state index contributed by atoms with van der Waals surface area (Å²) in [6.45, 7) is 2.50. The average molecular weight is 267 g/mol. The largest absolute Gasteiger partial charge is 0.337 e. The molecule has 1 heterocycles. The summed E-state index contributed by atoms with van der Waals surface area (Å²) in [6.07, 6.45) is 0.792. The number of nitro benzene ring substituents is 1. The van der Waals surface area contributed by atoms with E-state index in [1.54, 1.807) is 4.90 Å². The maximum absolute atomic E-state index is 13.0. The summed E-state index contributed by atoms with van der Waals surface area (Å²) in [5.74, 6) is -1.14. The van der Waals surface area contributed by atoms with E-state index in [0.717, 1.165) is 25.1 Å². The van der Waals surface area contributed by atoms with Gasteiger partial charge in [-0.2, -0.15) is 0 Å². The maximum atomic E-state index is 13.0. The van der Waals surface area contributed by atoms with Crippen LogP contribution in [0.25, 0.3) is 0 Å². The molecule has 6 nitrogen and oxygen atoms in total. The van der Waals surface area contributed by atoms with Crippen molar-refractivity contribution in [1.29, 1.82) is 0 Å². The van der Waals surface area contributed by atoms with Crippen molar-refractivity contribution in [1.82, 2.24) is 10.2 Å². The molecule has 1 fully saturated rings. The molecule has 0 bridgehead atoms. The smallest absolute Gasteiger partial charge is 0.285 e. The van der Waals surface area contributed by atoms with Gasteiger partial charge in [-0.3, -0.25) is 14.9 Å². The lowest BCUT2D eigenvalue weighted by Crippen LogP contribution is -2.34. The average Bonchev–Trinajstić information content (AvgIpc) is 2.66. The molecule has 0 radical (unpaired) electrons. The molecular formula is C12H14FN3O3. The first-order valence-corrected chi connectivity index (χ1v) is 6.03. The molecule has 7 heteroatoms. The molecule has 1 aromatic rings. The Morgan fingerprint density at radius 2 is 2.16 bits per heavy atom. The van der Waals surface area contributed by atoms with Crippen LogP contribution in [0.4, 0.5) is 10.1 Å². The highest BCUT2D eigenvalue weighted by atomic mass is 19.1. The zero-order chi connectivity index (χ0) is 13.8. The Hall–Kier alpha value is -2.02. The van der Waals surface area contributed by atoms with Crippen molar-refractivity contribution in [3.05, 3.63) is 39.7 Å². The first-order valence-electron chi connectivity index (χ1n) is 6.03. The van der Waals surface area contributed by atoms with Crippen LogP contribution in [-0.4, -0.2) is 41.9 Å². The molecule has 1 aliphatic heterocycles. The van der Waals surface area contributed by atoms with Crippen LogP contribution in [0, 0.1) is 15.9 Å². The highest BCUT2D eigenvalue weighted by Crippen LogP contribution is 2.21. The number of nitrogens with one attached hydrogen (secondary N) is 1.